The molecule has 0 spiro atoms. The SMILES string of the molecule is CCCC(CCCl)CNC(=O)c1ccccc1F. The number of benzene rings is 1. The number of nitrogens with one attached hydrogen (secondary N) is 1. The number of rotatable bonds is 7. The maximum absolute atomic E-state index is 13.4. The van der Waals surface area contributed by atoms with Gasteiger partial charge in [0.15, 0.2) is 0 Å². The zero-order valence-corrected chi connectivity index (χ0v) is 11.3. The third-order valence-corrected chi connectivity index (χ3v) is 3.10. The fourth-order valence-corrected chi connectivity index (χ4v) is 2.20. The van der Waals surface area contributed by atoms with E-state index in [4.69, 9.17) is 11.6 Å². The van der Waals surface area contributed by atoms with E-state index in [2.05, 4.69) is 12.2 Å². The van der Waals surface area contributed by atoms with E-state index in [0.29, 0.717) is 18.3 Å². The van der Waals surface area contributed by atoms with Crippen molar-refractivity contribution >= 4 is 17.5 Å². The number of alkyl halides is 1. The zero-order valence-electron chi connectivity index (χ0n) is 10.6. The van der Waals surface area contributed by atoms with E-state index in [9.17, 15) is 9.18 Å². The van der Waals surface area contributed by atoms with Crippen LogP contribution in [-0.2, 0) is 0 Å². The summed E-state index contributed by atoms with van der Waals surface area (Å²) in [6.07, 6.45) is 2.94. The minimum absolute atomic E-state index is 0.0959. The van der Waals surface area contributed by atoms with Crippen LogP contribution in [0, 0.1) is 11.7 Å². The van der Waals surface area contributed by atoms with E-state index in [-0.39, 0.29) is 11.5 Å². The van der Waals surface area contributed by atoms with Gasteiger partial charge in [0.1, 0.15) is 5.82 Å². The van der Waals surface area contributed by atoms with E-state index in [1.54, 1.807) is 12.1 Å². The molecule has 0 bridgehead atoms. The highest BCUT2D eigenvalue weighted by molar-refractivity contribution is 6.17. The minimum atomic E-state index is -0.487. The fourth-order valence-electron chi connectivity index (χ4n) is 1.89. The van der Waals surface area contributed by atoms with Gasteiger partial charge >= 0.3 is 0 Å². The first-order valence-electron chi connectivity index (χ1n) is 6.27. The van der Waals surface area contributed by atoms with Crippen LogP contribution < -0.4 is 5.32 Å². The Morgan fingerprint density at radius 1 is 1.39 bits per heavy atom. The molecule has 0 saturated heterocycles. The summed E-state index contributed by atoms with van der Waals surface area (Å²) in [7, 11) is 0. The second-order valence-electron chi connectivity index (χ2n) is 4.32. The molecule has 1 amide bonds. The van der Waals surface area contributed by atoms with E-state index in [0.717, 1.165) is 19.3 Å². The zero-order chi connectivity index (χ0) is 13.4. The van der Waals surface area contributed by atoms with Gasteiger partial charge in [0.2, 0.25) is 0 Å². The molecular formula is C14H19ClFNO. The first kappa shape index (κ1) is 15.0. The molecule has 0 aliphatic heterocycles. The Bertz CT molecular complexity index is 378. The second kappa shape index (κ2) is 8.09. The molecule has 1 aromatic carbocycles. The van der Waals surface area contributed by atoms with Crippen molar-refractivity contribution in [2.75, 3.05) is 12.4 Å². The van der Waals surface area contributed by atoms with Crippen LogP contribution in [0.4, 0.5) is 4.39 Å². The van der Waals surface area contributed by atoms with Crippen molar-refractivity contribution in [3.8, 4) is 0 Å². The van der Waals surface area contributed by atoms with Gasteiger partial charge in [-0.3, -0.25) is 4.79 Å². The van der Waals surface area contributed by atoms with Crippen LogP contribution in [-0.4, -0.2) is 18.3 Å². The molecule has 0 radical (unpaired) electrons. The highest BCUT2D eigenvalue weighted by Crippen LogP contribution is 2.12. The maximum atomic E-state index is 13.4. The topological polar surface area (TPSA) is 29.1 Å². The van der Waals surface area contributed by atoms with Gasteiger partial charge in [0, 0.05) is 12.4 Å². The number of carbonyl (C=O) groups excluding carboxylic acids is 1. The quantitative estimate of drug-likeness (QED) is 0.755. The molecule has 0 heterocycles. The van der Waals surface area contributed by atoms with Gasteiger partial charge in [-0.1, -0.05) is 25.5 Å². The van der Waals surface area contributed by atoms with E-state index < -0.39 is 5.82 Å². The first-order chi connectivity index (χ1) is 8.69. The molecule has 100 valence electrons. The van der Waals surface area contributed by atoms with Crippen LogP contribution in [0.5, 0.6) is 0 Å². The van der Waals surface area contributed by atoms with Crippen LogP contribution >= 0.6 is 11.6 Å². The number of hydrogen-bond acceptors (Lipinski definition) is 1. The monoisotopic (exact) mass is 271 g/mol. The molecular weight excluding hydrogens is 253 g/mol. The van der Waals surface area contributed by atoms with Crippen molar-refractivity contribution in [1.82, 2.24) is 5.32 Å². The average Bonchev–Trinajstić information content (AvgIpc) is 2.36. The molecule has 0 aliphatic rings. The predicted molar refractivity (Wildman–Crippen MR) is 72.5 cm³/mol. The third-order valence-electron chi connectivity index (χ3n) is 2.88. The van der Waals surface area contributed by atoms with Crippen molar-refractivity contribution < 1.29 is 9.18 Å². The molecule has 0 saturated carbocycles. The summed E-state index contributed by atoms with van der Waals surface area (Å²) >= 11 is 5.72. The van der Waals surface area contributed by atoms with Crippen molar-refractivity contribution in [2.24, 2.45) is 5.92 Å². The van der Waals surface area contributed by atoms with Gasteiger partial charge in [0.25, 0.3) is 5.91 Å². The normalized spacial score (nSPS) is 12.2. The summed E-state index contributed by atoms with van der Waals surface area (Å²) < 4.78 is 13.4. The molecule has 1 atom stereocenters. The highest BCUT2D eigenvalue weighted by atomic mass is 35.5. The summed E-state index contributed by atoms with van der Waals surface area (Å²) in [6, 6.07) is 6.00. The van der Waals surface area contributed by atoms with Gasteiger partial charge in [-0.05, 0) is 30.9 Å². The lowest BCUT2D eigenvalue weighted by atomic mass is 10.0. The van der Waals surface area contributed by atoms with Crippen LogP contribution in [0.15, 0.2) is 24.3 Å². The van der Waals surface area contributed by atoms with E-state index in [1.165, 1.54) is 12.1 Å². The molecule has 1 N–H and O–H groups in total. The molecule has 1 aromatic rings. The molecule has 0 aromatic heterocycles. The number of amides is 1. The molecule has 18 heavy (non-hydrogen) atoms. The summed E-state index contributed by atoms with van der Waals surface area (Å²) in [5, 5.41) is 2.77. The Balaban J connectivity index is 2.52. The number of carbonyl (C=O) groups is 1. The number of halogens is 2. The lowest BCUT2D eigenvalue weighted by Crippen LogP contribution is -2.30. The average molecular weight is 272 g/mol. The van der Waals surface area contributed by atoms with Gasteiger partial charge in [-0.15, -0.1) is 11.6 Å². The Hall–Kier alpha value is -1.09. The molecule has 2 nitrogen and oxygen atoms in total. The van der Waals surface area contributed by atoms with Crippen LogP contribution in [0.25, 0.3) is 0 Å². The van der Waals surface area contributed by atoms with Crippen LogP contribution in [0.1, 0.15) is 36.5 Å². The second-order valence-corrected chi connectivity index (χ2v) is 4.70. The van der Waals surface area contributed by atoms with Crippen molar-refractivity contribution in [2.45, 2.75) is 26.2 Å². The van der Waals surface area contributed by atoms with Crippen LogP contribution in [0.3, 0.4) is 0 Å². The first-order valence-corrected chi connectivity index (χ1v) is 6.81. The maximum Gasteiger partial charge on any atom is 0.254 e. The van der Waals surface area contributed by atoms with Gasteiger partial charge in [-0.2, -0.15) is 0 Å². The fraction of sp³-hybridized carbons (Fsp3) is 0.500. The summed E-state index contributed by atoms with van der Waals surface area (Å²) in [4.78, 5) is 11.8. The standard InChI is InChI=1S/C14H19ClFNO/c1-2-5-11(8-9-15)10-17-14(18)12-6-3-4-7-13(12)16/h3-4,6-7,11H,2,5,8-10H2,1H3,(H,17,18). The smallest absolute Gasteiger partial charge is 0.254 e. The Morgan fingerprint density at radius 2 is 2.11 bits per heavy atom. The summed E-state index contributed by atoms with van der Waals surface area (Å²) in [6.45, 7) is 2.65. The van der Waals surface area contributed by atoms with Crippen LogP contribution in [0.2, 0.25) is 0 Å². The molecule has 0 fully saturated rings. The molecule has 1 unspecified atom stereocenters. The minimum Gasteiger partial charge on any atom is -0.352 e. The third kappa shape index (κ3) is 4.65. The predicted octanol–water partition coefficient (Wildman–Crippen LogP) is 3.60. The van der Waals surface area contributed by atoms with Crippen molar-refractivity contribution in [3.63, 3.8) is 0 Å². The molecule has 1 rings (SSSR count). The largest absolute Gasteiger partial charge is 0.352 e. The molecule has 4 heteroatoms. The molecule has 0 aliphatic carbocycles. The van der Waals surface area contributed by atoms with Crippen molar-refractivity contribution in [3.05, 3.63) is 35.6 Å². The van der Waals surface area contributed by atoms with Gasteiger partial charge in [0.05, 0.1) is 5.56 Å². The Kier molecular flexibility index (Phi) is 6.73. The Labute approximate surface area is 113 Å². The number of hydrogen-bond donors (Lipinski definition) is 1. The van der Waals surface area contributed by atoms with Gasteiger partial charge < -0.3 is 5.32 Å². The highest BCUT2D eigenvalue weighted by Gasteiger charge is 2.13. The van der Waals surface area contributed by atoms with Crippen molar-refractivity contribution in [1.29, 1.82) is 0 Å². The summed E-state index contributed by atoms with van der Waals surface area (Å²) in [5.74, 6) is 0.103. The van der Waals surface area contributed by atoms with E-state index >= 15 is 0 Å². The summed E-state index contributed by atoms with van der Waals surface area (Å²) in [5.41, 5.74) is 0.0959. The lowest BCUT2D eigenvalue weighted by Gasteiger charge is -2.15. The Morgan fingerprint density at radius 3 is 2.72 bits per heavy atom. The lowest BCUT2D eigenvalue weighted by molar-refractivity contribution is 0.0942. The van der Waals surface area contributed by atoms with Gasteiger partial charge in [-0.25, -0.2) is 4.39 Å². The van der Waals surface area contributed by atoms with E-state index in [1.807, 2.05) is 0 Å².